The quantitative estimate of drug-likeness (QED) is 0.845. The highest BCUT2D eigenvalue weighted by Crippen LogP contribution is 2.11. The summed E-state index contributed by atoms with van der Waals surface area (Å²) < 4.78 is 0. The van der Waals surface area contributed by atoms with Crippen molar-refractivity contribution in [2.75, 3.05) is 26.2 Å². The molecule has 1 aromatic carbocycles. The third-order valence-electron chi connectivity index (χ3n) is 3.72. The minimum absolute atomic E-state index is 0.0385. The SMILES string of the molecule is O=C(NCCCN1CCCCCC1)c1cccc(Cl)c1. The highest BCUT2D eigenvalue weighted by Gasteiger charge is 2.09. The molecule has 1 saturated heterocycles. The third-order valence-corrected chi connectivity index (χ3v) is 3.96. The third kappa shape index (κ3) is 5.14. The zero-order valence-corrected chi connectivity index (χ0v) is 12.7. The van der Waals surface area contributed by atoms with Gasteiger partial charge < -0.3 is 10.2 Å². The van der Waals surface area contributed by atoms with Gasteiger partial charge in [-0.3, -0.25) is 4.79 Å². The Kier molecular flexibility index (Phi) is 6.34. The highest BCUT2D eigenvalue weighted by atomic mass is 35.5. The van der Waals surface area contributed by atoms with Gasteiger partial charge in [-0.25, -0.2) is 0 Å². The summed E-state index contributed by atoms with van der Waals surface area (Å²) in [7, 11) is 0. The van der Waals surface area contributed by atoms with Crippen molar-refractivity contribution in [3.8, 4) is 0 Å². The Bertz CT molecular complexity index is 428. The number of hydrogen-bond acceptors (Lipinski definition) is 2. The lowest BCUT2D eigenvalue weighted by atomic mass is 10.2. The molecule has 3 nitrogen and oxygen atoms in total. The van der Waals surface area contributed by atoms with Crippen molar-refractivity contribution >= 4 is 17.5 Å². The Balaban J connectivity index is 1.66. The van der Waals surface area contributed by atoms with Crippen molar-refractivity contribution in [1.29, 1.82) is 0 Å². The average molecular weight is 295 g/mol. The van der Waals surface area contributed by atoms with E-state index in [0.29, 0.717) is 10.6 Å². The van der Waals surface area contributed by atoms with Crippen LogP contribution in [0.3, 0.4) is 0 Å². The summed E-state index contributed by atoms with van der Waals surface area (Å²) in [6.07, 6.45) is 6.36. The van der Waals surface area contributed by atoms with Gasteiger partial charge in [0, 0.05) is 17.1 Å². The Hall–Kier alpha value is -1.06. The summed E-state index contributed by atoms with van der Waals surface area (Å²) in [5, 5.41) is 3.56. The van der Waals surface area contributed by atoms with Gasteiger partial charge in [0.15, 0.2) is 0 Å². The zero-order valence-electron chi connectivity index (χ0n) is 11.9. The molecule has 0 radical (unpaired) electrons. The van der Waals surface area contributed by atoms with Crippen LogP contribution in [0.4, 0.5) is 0 Å². The van der Waals surface area contributed by atoms with Gasteiger partial charge >= 0.3 is 0 Å². The fraction of sp³-hybridized carbons (Fsp3) is 0.562. The second kappa shape index (κ2) is 8.28. The summed E-state index contributed by atoms with van der Waals surface area (Å²) in [6, 6.07) is 7.06. The van der Waals surface area contributed by atoms with Crippen molar-refractivity contribution in [2.45, 2.75) is 32.1 Å². The lowest BCUT2D eigenvalue weighted by Gasteiger charge is -2.19. The number of amides is 1. The number of carbonyl (C=O) groups is 1. The largest absolute Gasteiger partial charge is 0.352 e. The number of halogens is 1. The molecule has 0 saturated carbocycles. The first kappa shape index (κ1) is 15.3. The molecular formula is C16H23ClN2O. The first-order chi connectivity index (χ1) is 9.75. The van der Waals surface area contributed by atoms with Crippen LogP contribution >= 0.6 is 11.6 Å². The molecule has 1 heterocycles. The van der Waals surface area contributed by atoms with Crippen LogP contribution in [-0.2, 0) is 0 Å². The van der Waals surface area contributed by atoms with E-state index in [1.54, 1.807) is 24.3 Å². The molecule has 0 aliphatic carbocycles. The van der Waals surface area contributed by atoms with Crippen LogP contribution in [0.5, 0.6) is 0 Å². The molecule has 0 atom stereocenters. The second-order valence-corrected chi connectivity index (χ2v) is 5.81. The molecule has 4 heteroatoms. The van der Waals surface area contributed by atoms with Crippen LogP contribution in [0.15, 0.2) is 24.3 Å². The van der Waals surface area contributed by atoms with Crippen molar-refractivity contribution < 1.29 is 4.79 Å². The maximum absolute atomic E-state index is 11.9. The lowest BCUT2D eigenvalue weighted by molar-refractivity contribution is 0.0951. The fourth-order valence-corrected chi connectivity index (χ4v) is 2.79. The summed E-state index contributed by atoms with van der Waals surface area (Å²) in [6.45, 7) is 4.22. The number of nitrogens with zero attached hydrogens (tertiary/aromatic N) is 1. The summed E-state index contributed by atoms with van der Waals surface area (Å²) >= 11 is 5.88. The zero-order chi connectivity index (χ0) is 14.2. The number of likely N-dealkylation sites (tertiary alicyclic amines) is 1. The molecule has 1 N–H and O–H groups in total. The normalized spacial score (nSPS) is 16.6. The van der Waals surface area contributed by atoms with E-state index in [-0.39, 0.29) is 5.91 Å². The number of nitrogens with one attached hydrogen (secondary N) is 1. The molecule has 0 unspecified atom stereocenters. The van der Waals surface area contributed by atoms with E-state index in [1.807, 2.05) is 0 Å². The van der Waals surface area contributed by atoms with Gasteiger partial charge in [0.05, 0.1) is 0 Å². The summed E-state index contributed by atoms with van der Waals surface area (Å²) in [5.74, 6) is -0.0385. The monoisotopic (exact) mass is 294 g/mol. The van der Waals surface area contributed by atoms with E-state index in [1.165, 1.54) is 38.8 Å². The molecule has 1 amide bonds. The molecule has 20 heavy (non-hydrogen) atoms. The van der Waals surface area contributed by atoms with Gasteiger partial charge in [0.1, 0.15) is 0 Å². The molecule has 110 valence electrons. The van der Waals surface area contributed by atoms with Crippen molar-refractivity contribution in [3.63, 3.8) is 0 Å². The Morgan fingerprint density at radius 2 is 1.95 bits per heavy atom. The molecule has 2 rings (SSSR count). The van der Waals surface area contributed by atoms with Crippen LogP contribution in [0.1, 0.15) is 42.5 Å². The van der Waals surface area contributed by atoms with Crippen molar-refractivity contribution in [2.24, 2.45) is 0 Å². The molecule has 1 fully saturated rings. The standard InChI is InChI=1S/C16H23ClN2O/c17-15-8-5-7-14(13-15)16(20)18-9-6-12-19-10-3-1-2-4-11-19/h5,7-8,13H,1-4,6,9-12H2,(H,18,20). The van der Waals surface area contributed by atoms with Gasteiger partial charge in [-0.15, -0.1) is 0 Å². The van der Waals surface area contributed by atoms with E-state index in [4.69, 9.17) is 11.6 Å². The van der Waals surface area contributed by atoms with Crippen LogP contribution in [0, 0.1) is 0 Å². The molecular weight excluding hydrogens is 272 g/mol. The maximum atomic E-state index is 11.9. The molecule has 0 aromatic heterocycles. The predicted molar refractivity (Wildman–Crippen MR) is 83.3 cm³/mol. The van der Waals surface area contributed by atoms with Gasteiger partial charge in [-0.1, -0.05) is 30.5 Å². The van der Waals surface area contributed by atoms with Crippen LogP contribution in [0.25, 0.3) is 0 Å². The van der Waals surface area contributed by atoms with Gasteiger partial charge in [-0.05, 0) is 57.1 Å². The summed E-state index contributed by atoms with van der Waals surface area (Å²) in [4.78, 5) is 14.4. The molecule has 1 aliphatic rings. The van der Waals surface area contributed by atoms with Gasteiger partial charge in [0.2, 0.25) is 0 Å². The van der Waals surface area contributed by atoms with Crippen LogP contribution < -0.4 is 5.32 Å². The van der Waals surface area contributed by atoms with E-state index in [9.17, 15) is 4.79 Å². The van der Waals surface area contributed by atoms with E-state index < -0.39 is 0 Å². The number of benzene rings is 1. The van der Waals surface area contributed by atoms with E-state index in [2.05, 4.69) is 10.2 Å². The first-order valence-corrected chi connectivity index (χ1v) is 7.89. The number of carbonyl (C=O) groups excluding carboxylic acids is 1. The molecule has 1 aromatic rings. The lowest BCUT2D eigenvalue weighted by Crippen LogP contribution is -2.30. The minimum atomic E-state index is -0.0385. The first-order valence-electron chi connectivity index (χ1n) is 7.52. The number of rotatable bonds is 5. The summed E-state index contributed by atoms with van der Waals surface area (Å²) in [5.41, 5.74) is 0.632. The van der Waals surface area contributed by atoms with Crippen molar-refractivity contribution in [1.82, 2.24) is 10.2 Å². The van der Waals surface area contributed by atoms with Gasteiger partial charge in [0.25, 0.3) is 5.91 Å². The Morgan fingerprint density at radius 1 is 1.20 bits per heavy atom. The average Bonchev–Trinajstić information content (AvgIpc) is 2.72. The smallest absolute Gasteiger partial charge is 0.251 e. The van der Waals surface area contributed by atoms with Crippen LogP contribution in [0.2, 0.25) is 5.02 Å². The minimum Gasteiger partial charge on any atom is -0.352 e. The fourth-order valence-electron chi connectivity index (χ4n) is 2.60. The molecule has 0 bridgehead atoms. The highest BCUT2D eigenvalue weighted by molar-refractivity contribution is 6.30. The predicted octanol–water partition coefficient (Wildman–Crippen LogP) is 3.34. The van der Waals surface area contributed by atoms with Crippen molar-refractivity contribution in [3.05, 3.63) is 34.9 Å². The van der Waals surface area contributed by atoms with Crippen LogP contribution in [-0.4, -0.2) is 37.0 Å². The Morgan fingerprint density at radius 3 is 2.65 bits per heavy atom. The molecule has 1 aliphatic heterocycles. The Labute approximate surface area is 126 Å². The maximum Gasteiger partial charge on any atom is 0.251 e. The topological polar surface area (TPSA) is 32.3 Å². The second-order valence-electron chi connectivity index (χ2n) is 5.38. The molecule has 0 spiro atoms. The van der Waals surface area contributed by atoms with E-state index in [0.717, 1.165) is 19.5 Å². The number of hydrogen-bond donors (Lipinski definition) is 1. The van der Waals surface area contributed by atoms with Gasteiger partial charge in [-0.2, -0.15) is 0 Å². The van der Waals surface area contributed by atoms with E-state index >= 15 is 0 Å².